The Morgan fingerprint density at radius 3 is 2.59 bits per heavy atom. The lowest BCUT2D eigenvalue weighted by atomic mass is 10.1. The van der Waals surface area contributed by atoms with Crippen molar-refractivity contribution in [2.24, 2.45) is 0 Å². The zero-order valence-corrected chi connectivity index (χ0v) is 16.8. The lowest BCUT2D eigenvalue weighted by Crippen LogP contribution is -2.32. The van der Waals surface area contributed by atoms with E-state index in [9.17, 15) is 13.2 Å². The minimum absolute atomic E-state index is 0.00794. The number of amides is 1. The fourth-order valence-corrected chi connectivity index (χ4v) is 4.11. The van der Waals surface area contributed by atoms with Gasteiger partial charge < -0.3 is 14.6 Å². The maximum absolute atomic E-state index is 12.3. The number of nitrogens with zero attached hydrogens (tertiary/aromatic N) is 1. The summed E-state index contributed by atoms with van der Waals surface area (Å²) in [4.78, 5) is 12.0. The Kier molecular flexibility index (Phi) is 6.98. The van der Waals surface area contributed by atoms with Gasteiger partial charge in [-0.25, -0.2) is 13.1 Å². The molecular weight excluding hydrogens is 370 g/mol. The van der Waals surface area contributed by atoms with Crippen LogP contribution in [0.3, 0.4) is 0 Å². The van der Waals surface area contributed by atoms with Gasteiger partial charge in [-0.1, -0.05) is 22.9 Å². The second-order valence-electron chi connectivity index (χ2n) is 6.22. The molecule has 0 atom stereocenters. The Balaban J connectivity index is 1.79. The van der Waals surface area contributed by atoms with Crippen LogP contribution in [0.2, 0.25) is 0 Å². The highest BCUT2D eigenvalue weighted by Gasteiger charge is 2.23. The molecule has 2 N–H and O–H groups in total. The van der Waals surface area contributed by atoms with Gasteiger partial charge in [-0.05, 0) is 38.8 Å². The van der Waals surface area contributed by atoms with Crippen molar-refractivity contribution in [2.45, 2.75) is 38.5 Å². The molecule has 0 radical (unpaired) electrons. The minimum atomic E-state index is -3.75. The summed E-state index contributed by atoms with van der Waals surface area (Å²) in [6.45, 7) is 5.51. The van der Waals surface area contributed by atoms with E-state index in [1.165, 1.54) is 6.92 Å². The van der Waals surface area contributed by atoms with Crippen LogP contribution in [-0.2, 0) is 21.2 Å². The summed E-state index contributed by atoms with van der Waals surface area (Å²) >= 11 is 0. The standard InChI is InChI=1S/C18H25N3O5S/c1-12-5-6-16(25-4)15(11-12)7-9-19-17(22)8-10-20-27(23,24)18-13(2)21-26-14(18)3/h5-6,11,20H,7-10H2,1-4H3,(H,19,22). The molecule has 0 unspecified atom stereocenters. The Hall–Kier alpha value is -2.39. The number of carbonyl (C=O) groups excluding carboxylic acids is 1. The highest BCUT2D eigenvalue weighted by Crippen LogP contribution is 2.20. The Labute approximate surface area is 159 Å². The van der Waals surface area contributed by atoms with E-state index in [4.69, 9.17) is 9.26 Å². The average molecular weight is 395 g/mol. The molecule has 0 aliphatic carbocycles. The molecule has 148 valence electrons. The summed E-state index contributed by atoms with van der Waals surface area (Å²) in [6, 6.07) is 5.88. The van der Waals surface area contributed by atoms with Gasteiger partial charge in [0, 0.05) is 19.5 Å². The van der Waals surface area contributed by atoms with Crippen molar-refractivity contribution >= 4 is 15.9 Å². The first-order valence-corrected chi connectivity index (χ1v) is 10.1. The van der Waals surface area contributed by atoms with E-state index in [-0.39, 0.29) is 35.2 Å². The van der Waals surface area contributed by atoms with Gasteiger partial charge in [0.25, 0.3) is 0 Å². The monoisotopic (exact) mass is 395 g/mol. The number of nitrogens with one attached hydrogen (secondary N) is 2. The second kappa shape index (κ2) is 9.01. The van der Waals surface area contributed by atoms with Crippen molar-refractivity contribution in [3.8, 4) is 5.75 Å². The van der Waals surface area contributed by atoms with E-state index in [2.05, 4.69) is 15.2 Å². The predicted octanol–water partition coefficient (Wildman–Crippen LogP) is 1.64. The van der Waals surface area contributed by atoms with Crippen LogP contribution in [0.1, 0.15) is 29.0 Å². The van der Waals surface area contributed by atoms with Gasteiger partial charge in [0.1, 0.15) is 16.3 Å². The number of ether oxygens (including phenoxy) is 1. The van der Waals surface area contributed by atoms with E-state index in [1.807, 2.05) is 25.1 Å². The number of rotatable bonds is 9. The van der Waals surface area contributed by atoms with Gasteiger partial charge in [0.15, 0.2) is 5.76 Å². The van der Waals surface area contributed by atoms with Gasteiger partial charge in [0.05, 0.1) is 7.11 Å². The third-order valence-electron chi connectivity index (χ3n) is 4.03. The largest absolute Gasteiger partial charge is 0.496 e. The molecular formula is C18H25N3O5S. The Morgan fingerprint density at radius 1 is 1.22 bits per heavy atom. The van der Waals surface area contributed by atoms with Crippen LogP contribution in [0.15, 0.2) is 27.6 Å². The van der Waals surface area contributed by atoms with E-state index in [0.29, 0.717) is 13.0 Å². The summed E-state index contributed by atoms with van der Waals surface area (Å²) in [5.41, 5.74) is 2.42. The maximum Gasteiger partial charge on any atom is 0.245 e. The molecule has 27 heavy (non-hydrogen) atoms. The Morgan fingerprint density at radius 2 is 1.96 bits per heavy atom. The zero-order valence-electron chi connectivity index (χ0n) is 16.0. The summed E-state index contributed by atoms with van der Waals surface area (Å²) in [6.07, 6.45) is 0.662. The quantitative estimate of drug-likeness (QED) is 0.668. The molecule has 1 aromatic carbocycles. The number of aryl methyl sites for hydroxylation is 3. The van der Waals surface area contributed by atoms with Gasteiger partial charge in [-0.2, -0.15) is 0 Å². The molecule has 2 rings (SSSR count). The molecule has 0 saturated heterocycles. The molecule has 1 aromatic heterocycles. The van der Waals surface area contributed by atoms with Crippen molar-refractivity contribution in [1.82, 2.24) is 15.2 Å². The minimum Gasteiger partial charge on any atom is -0.496 e. The molecule has 0 aliphatic heterocycles. The molecule has 2 aromatic rings. The number of aromatic nitrogens is 1. The summed E-state index contributed by atoms with van der Waals surface area (Å²) < 4.78 is 37.1. The number of hydrogen-bond donors (Lipinski definition) is 2. The Bertz CT molecular complexity index is 886. The number of sulfonamides is 1. The third kappa shape index (κ3) is 5.54. The highest BCUT2D eigenvalue weighted by atomic mass is 32.2. The maximum atomic E-state index is 12.3. The smallest absolute Gasteiger partial charge is 0.245 e. The first kappa shape index (κ1) is 20.9. The van der Waals surface area contributed by atoms with Crippen molar-refractivity contribution in [3.05, 3.63) is 40.8 Å². The first-order chi connectivity index (χ1) is 12.7. The van der Waals surface area contributed by atoms with Crippen LogP contribution in [0, 0.1) is 20.8 Å². The van der Waals surface area contributed by atoms with E-state index < -0.39 is 10.0 Å². The highest BCUT2D eigenvalue weighted by molar-refractivity contribution is 7.89. The van der Waals surface area contributed by atoms with Crippen LogP contribution >= 0.6 is 0 Å². The molecule has 9 heteroatoms. The average Bonchev–Trinajstić information content (AvgIpc) is 2.94. The van der Waals surface area contributed by atoms with Crippen molar-refractivity contribution < 1.29 is 22.5 Å². The number of carbonyl (C=O) groups is 1. The van der Waals surface area contributed by atoms with E-state index in [1.54, 1.807) is 14.0 Å². The van der Waals surface area contributed by atoms with Crippen LogP contribution in [-0.4, -0.2) is 39.7 Å². The van der Waals surface area contributed by atoms with Crippen molar-refractivity contribution in [2.75, 3.05) is 20.2 Å². The summed E-state index contributed by atoms with van der Waals surface area (Å²) in [5.74, 6) is 0.765. The summed E-state index contributed by atoms with van der Waals surface area (Å²) in [7, 11) is -2.15. The van der Waals surface area contributed by atoms with Crippen LogP contribution in [0.25, 0.3) is 0 Å². The van der Waals surface area contributed by atoms with Crippen molar-refractivity contribution in [3.63, 3.8) is 0 Å². The van der Waals surface area contributed by atoms with E-state index >= 15 is 0 Å². The number of methoxy groups -OCH3 is 1. The molecule has 0 spiro atoms. The van der Waals surface area contributed by atoms with Gasteiger partial charge in [-0.15, -0.1) is 0 Å². The second-order valence-corrected chi connectivity index (χ2v) is 7.92. The SMILES string of the molecule is COc1ccc(C)cc1CCNC(=O)CCNS(=O)(=O)c1c(C)noc1C. The molecule has 0 bridgehead atoms. The zero-order chi connectivity index (χ0) is 20.0. The first-order valence-electron chi connectivity index (χ1n) is 8.57. The van der Waals surface area contributed by atoms with Crippen molar-refractivity contribution in [1.29, 1.82) is 0 Å². The van der Waals surface area contributed by atoms with E-state index in [0.717, 1.165) is 16.9 Å². The van der Waals surface area contributed by atoms with Crippen LogP contribution in [0.4, 0.5) is 0 Å². The van der Waals surface area contributed by atoms with Gasteiger partial charge in [0.2, 0.25) is 15.9 Å². The lowest BCUT2D eigenvalue weighted by molar-refractivity contribution is -0.120. The predicted molar refractivity (Wildman–Crippen MR) is 100 cm³/mol. The third-order valence-corrected chi connectivity index (χ3v) is 5.74. The molecule has 0 aliphatic rings. The normalized spacial score (nSPS) is 11.4. The summed E-state index contributed by atoms with van der Waals surface area (Å²) in [5, 5.41) is 6.42. The molecule has 0 saturated carbocycles. The number of benzene rings is 1. The lowest BCUT2D eigenvalue weighted by Gasteiger charge is -2.10. The molecule has 1 heterocycles. The fourth-order valence-electron chi connectivity index (χ4n) is 2.76. The van der Waals surface area contributed by atoms with Gasteiger partial charge in [-0.3, -0.25) is 4.79 Å². The van der Waals surface area contributed by atoms with Gasteiger partial charge >= 0.3 is 0 Å². The van der Waals surface area contributed by atoms with Crippen LogP contribution < -0.4 is 14.8 Å². The van der Waals surface area contributed by atoms with Crippen LogP contribution in [0.5, 0.6) is 5.75 Å². The molecule has 0 fully saturated rings. The molecule has 8 nitrogen and oxygen atoms in total. The topological polar surface area (TPSA) is 111 Å². The number of hydrogen-bond acceptors (Lipinski definition) is 6. The fraction of sp³-hybridized carbons (Fsp3) is 0.444. The molecule has 1 amide bonds.